The molecular weight excluding hydrogens is 210 g/mol. The van der Waals surface area contributed by atoms with E-state index in [1.165, 1.54) is 0 Å². The van der Waals surface area contributed by atoms with Crippen LogP contribution in [0.3, 0.4) is 0 Å². The molecule has 0 aromatic carbocycles. The van der Waals surface area contributed by atoms with E-state index in [9.17, 15) is 0 Å². The van der Waals surface area contributed by atoms with Crippen LogP contribution in [-0.4, -0.2) is 28.4 Å². The number of halogens is 1. The second-order valence-corrected chi connectivity index (χ2v) is 4.67. The standard InChI is InChI=1S/C11H18ClN3/c1-8-9(2)14-10(6-13-8)15(5)11(3,4)7-12/h6H,7H2,1-5H3. The first-order chi connectivity index (χ1) is 6.88. The van der Waals surface area contributed by atoms with Gasteiger partial charge in [0, 0.05) is 18.5 Å². The Balaban J connectivity index is 3.02. The lowest BCUT2D eigenvalue weighted by Gasteiger charge is -2.34. The maximum absolute atomic E-state index is 5.92. The van der Waals surface area contributed by atoms with E-state index in [0.717, 1.165) is 17.2 Å². The molecule has 1 heterocycles. The molecule has 0 aliphatic heterocycles. The first-order valence-corrected chi connectivity index (χ1v) is 5.52. The predicted octanol–water partition coefficient (Wildman–Crippen LogP) is 2.55. The van der Waals surface area contributed by atoms with Gasteiger partial charge in [0.15, 0.2) is 0 Å². The zero-order chi connectivity index (χ0) is 11.6. The fraction of sp³-hybridized carbons (Fsp3) is 0.636. The van der Waals surface area contributed by atoms with Crippen LogP contribution in [0.2, 0.25) is 0 Å². The average Bonchev–Trinajstić information content (AvgIpc) is 2.21. The summed E-state index contributed by atoms with van der Waals surface area (Å²) in [6, 6.07) is 0. The molecule has 3 nitrogen and oxygen atoms in total. The number of nitrogens with zero attached hydrogens (tertiary/aromatic N) is 3. The van der Waals surface area contributed by atoms with Crippen molar-refractivity contribution >= 4 is 17.4 Å². The van der Waals surface area contributed by atoms with Gasteiger partial charge in [-0.1, -0.05) is 0 Å². The van der Waals surface area contributed by atoms with Gasteiger partial charge in [-0.2, -0.15) is 0 Å². The average molecular weight is 228 g/mol. The van der Waals surface area contributed by atoms with Crippen LogP contribution in [0.5, 0.6) is 0 Å². The van der Waals surface area contributed by atoms with Crippen molar-refractivity contribution in [1.82, 2.24) is 9.97 Å². The third-order valence-electron chi connectivity index (χ3n) is 2.76. The summed E-state index contributed by atoms with van der Waals surface area (Å²) in [7, 11) is 1.99. The van der Waals surface area contributed by atoms with Gasteiger partial charge in [-0.3, -0.25) is 4.98 Å². The molecule has 1 rings (SSSR count). The normalized spacial score (nSPS) is 11.6. The molecule has 0 bridgehead atoms. The fourth-order valence-corrected chi connectivity index (χ4v) is 1.27. The van der Waals surface area contributed by atoms with Crippen LogP contribution in [-0.2, 0) is 0 Å². The molecule has 0 spiro atoms. The quantitative estimate of drug-likeness (QED) is 0.744. The van der Waals surface area contributed by atoms with Crippen molar-refractivity contribution in [2.45, 2.75) is 33.2 Å². The highest BCUT2D eigenvalue weighted by Crippen LogP contribution is 2.21. The van der Waals surface area contributed by atoms with Gasteiger partial charge in [0.05, 0.1) is 17.6 Å². The summed E-state index contributed by atoms with van der Waals surface area (Å²) < 4.78 is 0. The van der Waals surface area contributed by atoms with Crippen LogP contribution in [0.1, 0.15) is 25.2 Å². The third kappa shape index (κ3) is 2.59. The number of aromatic nitrogens is 2. The predicted molar refractivity (Wildman–Crippen MR) is 64.7 cm³/mol. The van der Waals surface area contributed by atoms with Gasteiger partial charge in [-0.15, -0.1) is 11.6 Å². The topological polar surface area (TPSA) is 29.0 Å². The van der Waals surface area contributed by atoms with E-state index in [0.29, 0.717) is 5.88 Å². The largest absolute Gasteiger partial charge is 0.352 e. The van der Waals surface area contributed by atoms with Crippen LogP contribution in [0.4, 0.5) is 5.82 Å². The molecule has 0 saturated carbocycles. The van der Waals surface area contributed by atoms with E-state index in [1.807, 2.05) is 20.9 Å². The monoisotopic (exact) mass is 227 g/mol. The smallest absolute Gasteiger partial charge is 0.147 e. The van der Waals surface area contributed by atoms with Crippen molar-refractivity contribution < 1.29 is 0 Å². The van der Waals surface area contributed by atoms with Crippen molar-refractivity contribution in [3.63, 3.8) is 0 Å². The van der Waals surface area contributed by atoms with E-state index in [2.05, 4.69) is 28.7 Å². The van der Waals surface area contributed by atoms with Crippen LogP contribution in [0, 0.1) is 13.8 Å². The van der Waals surface area contributed by atoms with Gasteiger partial charge in [0.1, 0.15) is 5.82 Å². The SMILES string of the molecule is Cc1ncc(N(C)C(C)(C)CCl)nc1C. The lowest BCUT2D eigenvalue weighted by Crippen LogP contribution is -2.43. The zero-order valence-corrected chi connectivity index (χ0v) is 10.8. The van der Waals surface area contributed by atoms with E-state index >= 15 is 0 Å². The lowest BCUT2D eigenvalue weighted by molar-refractivity contribution is 0.539. The fourth-order valence-electron chi connectivity index (χ4n) is 1.09. The van der Waals surface area contributed by atoms with Crippen molar-refractivity contribution in [3.05, 3.63) is 17.6 Å². The minimum atomic E-state index is -0.113. The molecule has 0 N–H and O–H groups in total. The van der Waals surface area contributed by atoms with Crippen LogP contribution in [0.25, 0.3) is 0 Å². The number of aryl methyl sites for hydroxylation is 2. The second kappa shape index (κ2) is 4.35. The maximum atomic E-state index is 5.92. The summed E-state index contributed by atoms with van der Waals surface area (Å²) in [5, 5.41) is 0. The van der Waals surface area contributed by atoms with E-state index in [-0.39, 0.29) is 5.54 Å². The van der Waals surface area contributed by atoms with Gasteiger partial charge in [-0.25, -0.2) is 4.98 Å². The number of rotatable bonds is 3. The molecule has 0 saturated heterocycles. The van der Waals surface area contributed by atoms with E-state index < -0.39 is 0 Å². The first kappa shape index (κ1) is 12.2. The van der Waals surface area contributed by atoms with E-state index in [1.54, 1.807) is 6.20 Å². The molecular formula is C11H18ClN3. The number of hydrogen-bond donors (Lipinski definition) is 0. The molecule has 1 aromatic rings. The van der Waals surface area contributed by atoms with Gasteiger partial charge in [-0.05, 0) is 27.7 Å². The van der Waals surface area contributed by atoms with Gasteiger partial charge >= 0.3 is 0 Å². The van der Waals surface area contributed by atoms with Crippen molar-refractivity contribution in [2.24, 2.45) is 0 Å². The summed E-state index contributed by atoms with van der Waals surface area (Å²) in [5.41, 5.74) is 1.82. The van der Waals surface area contributed by atoms with Crippen molar-refractivity contribution in [1.29, 1.82) is 0 Å². The lowest BCUT2D eigenvalue weighted by atomic mass is 10.1. The summed E-state index contributed by atoms with van der Waals surface area (Å²) in [5.74, 6) is 1.42. The molecule has 1 aromatic heterocycles. The zero-order valence-electron chi connectivity index (χ0n) is 10.0. The molecule has 15 heavy (non-hydrogen) atoms. The summed E-state index contributed by atoms with van der Waals surface area (Å²) in [6.07, 6.45) is 1.79. The summed E-state index contributed by atoms with van der Waals surface area (Å²) >= 11 is 5.92. The van der Waals surface area contributed by atoms with Crippen molar-refractivity contribution in [2.75, 3.05) is 17.8 Å². The molecule has 0 fully saturated rings. The molecule has 0 atom stereocenters. The van der Waals surface area contributed by atoms with Gasteiger partial charge in [0.25, 0.3) is 0 Å². The van der Waals surface area contributed by atoms with Crippen LogP contribution < -0.4 is 4.90 Å². The van der Waals surface area contributed by atoms with E-state index in [4.69, 9.17) is 11.6 Å². The molecule has 0 amide bonds. The van der Waals surface area contributed by atoms with Gasteiger partial charge < -0.3 is 4.90 Å². The van der Waals surface area contributed by atoms with Crippen molar-refractivity contribution in [3.8, 4) is 0 Å². The Kier molecular flexibility index (Phi) is 3.55. The molecule has 0 unspecified atom stereocenters. The Labute approximate surface area is 96.5 Å². The first-order valence-electron chi connectivity index (χ1n) is 4.98. The minimum absolute atomic E-state index is 0.113. The molecule has 0 radical (unpaired) electrons. The Morgan fingerprint density at radius 1 is 1.33 bits per heavy atom. The molecule has 0 aliphatic rings. The molecule has 4 heteroatoms. The molecule has 0 aliphatic carbocycles. The molecule has 84 valence electrons. The Hall–Kier alpha value is -0.830. The Bertz CT molecular complexity index is 350. The number of anilines is 1. The summed E-state index contributed by atoms with van der Waals surface area (Å²) in [4.78, 5) is 10.8. The highest BCUT2D eigenvalue weighted by molar-refractivity contribution is 6.18. The van der Waals surface area contributed by atoms with Crippen LogP contribution >= 0.6 is 11.6 Å². The summed E-state index contributed by atoms with van der Waals surface area (Å²) in [6.45, 7) is 8.08. The second-order valence-electron chi connectivity index (χ2n) is 4.40. The number of hydrogen-bond acceptors (Lipinski definition) is 3. The highest BCUT2D eigenvalue weighted by Gasteiger charge is 2.23. The Morgan fingerprint density at radius 2 is 1.93 bits per heavy atom. The Morgan fingerprint density at radius 3 is 2.40 bits per heavy atom. The highest BCUT2D eigenvalue weighted by atomic mass is 35.5. The van der Waals surface area contributed by atoms with Crippen LogP contribution in [0.15, 0.2) is 6.20 Å². The number of alkyl halides is 1. The third-order valence-corrected chi connectivity index (χ3v) is 3.41. The minimum Gasteiger partial charge on any atom is -0.352 e. The van der Waals surface area contributed by atoms with Gasteiger partial charge in [0.2, 0.25) is 0 Å². The maximum Gasteiger partial charge on any atom is 0.147 e.